The van der Waals surface area contributed by atoms with Crippen molar-refractivity contribution in [1.82, 2.24) is 10.3 Å². The lowest BCUT2D eigenvalue weighted by atomic mass is 9.86. The molecule has 0 aliphatic heterocycles. The van der Waals surface area contributed by atoms with Crippen LogP contribution < -0.4 is 5.32 Å². The third-order valence-corrected chi connectivity index (χ3v) is 5.47. The maximum absolute atomic E-state index is 10.2. The number of nitrogens with zero attached hydrogens (tertiary/aromatic N) is 1. The van der Waals surface area contributed by atoms with E-state index in [9.17, 15) is 5.11 Å². The fourth-order valence-corrected chi connectivity index (χ4v) is 3.93. The van der Waals surface area contributed by atoms with E-state index in [-0.39, 0.29) is 0 Å². The minimum atomic E-state index is -0.443. The number of aromatic nitrogens is 1. The molecule has 1 aromatic rings. The molecule has 0 saturated heterocycles. The summed E-state index contributed by atoms with van der Waals surface area (Å²) in [6.45, 7) is 1.58. The number of hydrogen-bond acceptors (Lipinski definition) is 4. The number of thiazole rings is 1. The Hall–Kier alpha value is -0.450. The molecule has 1 aromatic heterocycles. The predicted octanol–water partition coefficient (Wildman–Crippen LogP) is 2.81. The summed E-state index contributed by atoms with van der Waals surface area (Å²) in [5, 5.41) is 14.9. The zero-order valence-corrected chi connectivity index (χ0v) is 11.6. The van der Waals surface area contributed by atoms with Crippen LogP contribution in [0.15, 0.2) is 6.20 Å². The molecule has 0 bridgehead atoms. The summed E-state index contributed by atoms with van der Waals surface area (Å²) < 4.78 is 0. The largest absolute Gasteiger partial charge is 0.389 e. The van der Waals surface area contributed by atoms with E-state index in [4.69, 9.17) is 0 Å². The highest BCUT2D eigenvalue weighted by Gasteiger charge is 2.30. The van der Waals surface area contributed by atoms with Crippen molar-refractivity contribution in [3.05, 3.63) is 16.1 Å². The second-order valence-electron chi connectivity index (χ2n) is 5.83. The van der Waals surface area contributed by atoms with Crippen LogP contribution in [0.1, 0.15) is 60.7 Å². The zero-order chi connectivity index (χ0) is 12.4. The Morgan fingerprint density at radius 1 is 1.33 bits per heavy atom. The summed E-state index contributed by atoms with van der Waals surface area (Å²) in [5.41, 5.74) is -0.443. The average molecular weight is 266 g/mol. The van der Waals surface area contributed by atoms with Gasteiger partial charge in [-0.1, -0.05) is 19.3 Å². The van der Waals surface area contributed by atoms with Crippen molar-refractivity contribution in [3.8, 4) is 0 Å². The molecule has 0 unspecified atom stereocenters. The van der Waals surface area contributed by atoms with Crippen LogP contribution in [0.5, 0.6) is 0 Å². The maximum Gasteiger partial charge on any atom is 0.0959 e. The van der Waals surface area contributed by atoms with E-state index in [1.807, 2.05) is 17.5 Å². The second kappa shape index (κ2) is 5.27. The molecule has 3 nitrogen and oxygen atoms in total. The third-order valence-electron chi connectivity index (χ3n) is 4.31. The van der Waals surface area contributed by atoms with Gasteiger partial charge >= 0.3 is 0 Å². The molecular formula is C14H22N2OS. The van der Waals surface area contributed by atoms with Crippen LogP contribution in [0.4, 0.5) is 0 Å². The SMILES string of the molecule is OC1(CNCc2cnc(C3CCC3)s2)CCCC1. The van der Waals surface area contributed by atoms with Crippen LogP contribution in [-0.2, 0) is 6.54 Å². The van der Waals surface area contributed by atoms with Crippen molar-refractivity contribution in [2.75, 3.05) is 6.54 Å². The van der Waals surface area contributed by atoms with Crippen LogP contribution in [0.2, 0.25) is 0 Å². The molecule has 1 heterocycles. The lowest BCUT2D eigenvalue weighted by Gasteiger charge is -2.22. The van der Waals surface area contributed by atoms with E-state index in [2.05, 4.69) is 10.3 Å². The third kappa shape index (κ3) is 2.76. The standard InChI is InChI=1S/C14H22N2OS/c17-14(6-1-2-7-14)10-15-8-12-9-16-13(18-12)11-4-3-5-11/h9,11,15,17H,1-8,10H2. The topological polar surface area (TPSA) is 45.1 Å². The Morgan fingerprint density at radius 2 is 2.11 bits per heavy atom. The van der Waals surface area contributed by atoms with E-state index in [1.54, 1.807) is 0 Å². The van der Waals surface area contributed by atoms with Crippen molar-refractivity contribution in [2.45, 2.75) is 63.0 Å². The molecule has 100 valence electrons. The second-order valence-corrected chi connectivity index (χ2v) is 6.97. The quantitative estimate of drug-likeness (QED) is 0.861. The highest BCUT2D eigenvalue weighted by Crippen LogP contribution is 2.38. The molecule has 2 fully saturated rings. The van der Waals surface area contributed by atoms with Gasteiger partial charge in [-0.2, -0.15) is 0 Å². The zero-order valence-electron chi connectivity index (χ0n) is 10.8. The minimum Gasteiger partial charge on any atom is -0.389 e. The van der Waals surface area contributed by atoms with Gasteiger partial charge in [0.25, 0.3) is 0 Å². The van der Waals surface area contributed by atoms with Crippen LogP contribution in [-0.4, -0.2) is 22.2 Å². The molecule has 0 amide bonds. The van der Waals surface area contributed by atoms with Gasteiger partial charge in [-0.15, -0.1) is 11.3 Å². The summed E-state index contributed by atoms with van der Waals surface area (Å²) >= 11 is 1.84. The van der Waals surface area contributed by atoms with E-state index in [0.29, 0.717) is 0 Å². The molecule has 3 rings (SSSR count). The van der Waals surface area contributed by atoms with Crippen LogP contribution >= 0.6 is 11.3 Å². The molecule has 0 radical (unpaired) electrons. The van der Waals surface area contributed by atoms with Gasteiger partial charge in [0.1, 0.15) is 0 Å². The molecule has 2 saturated carbocycles. The first-order valence-corrected chi connectivity index (χ1v) is 7.95. The Bertz CT molecular complexity index is 394. The average Bonchev–Trinajstić information content (AvgIpc) is 2.87. The number of nitrogens with one attached hydrogen (secondary N) is 1. The maximum atomic E-state index is 10.2. The summed E-state index contributed by atoms with van der Waals surface area (Å²) in [4.78, 5) is 5.83. The fourth-order valence-electron chi connectivity index (χ4n) is 2.88. The van der Waals surface area contributed by atoms with Crippen LogP contribution in [0.25, 0.3) is 0 Å². The summed E-state index contributed by atoms with van der Waals surface area (Å²) in [6.07, 6.45) is 10.3. The van der Waals surface area contributed by atoms with Gasteiger partial charge in [-0.25, -0.2) is 4.98 Å². The van der Waals surface area contributed by atoms with Crippen LogP contribution in [0, 0.1) is 0 Å². The monoisotopic (exact) mass is 266 g/mol. The highest BCUT2D eigenvalue weighted by molar-refractivity contribution is 7.11. The summed E-state index contributed by atoms with van der Waals surface area (Å²) in [5.74, 6) is 0.739. The Kier molecular flexibility index (Phi) is 3.68. The molecule has 4 heteroatoms. The van der Waals surface area contributed by atoms with Gasteiger partial charge in [0, 0.05) is 30.1 Å². The molecule has 2 aliphatic rings. The lowest BCUT2D eigenvalue weighted by molar-refractivity contribution is 0.0475. The van der Waals surface area contributed by atoms with Crippen LogP contribution in [0.3, 0.4) is 0 Å². The van der Waals surface area contributed by atoms with Gasteiger partial charge in [-0.3, -0.25) is 0 Å². The Balaban J connectivity index is 1.46. The Morgan fingerprint density at radius 3 is 2.78 bits per heavy atom. The number of hydrogen-bond donors (Lipinski definition) is 2. The van der Waals surface area contributed by atoms with E-state index >= 15 is 0 Å². The van der Waals surface area contributed by atoms with Gasteiger partial charge in [-0.05, 0) is 25.7 Å². The van der Waals surface area contributed by atoms with Crippen molar-refractivity contribution in [2.24, 2.45) is 0 Å². The molecule has 2 N–H and O–H groups in total. The van der Waals surface area contributed by atoms with Crippen molar-refractivity contribution < 1.29 is 5.11 Å². The first-order valence-electron chi connectivity index (χ1n) is 7.13. The first-order chi connectivity index (χ1) is 8.75. The fraction of sp³-hybridized carbons (Fsp3) is 0.786. The molecule has 18 heavy (non-hydrogen) atoms. The molecular weight excluding hydrogens is 244 g/mol. The first kappa shape index (κ1) is 12.6. The molecule has 0 aromatic carbocycles. The summed E-state index contributed by atoms with van der Waals surface area (Å²) in [6, 6.07) is 0. The van der Waals surface area contributed by atoms with Gasteiger partial charge in [0.15, 0.2) is 0 Å². The van der Waals surface area contributed by atoms with E-state index in [1.165, 1.54) is 42.0 Å². The molecule has 0 spiro atoms. The lowest BCUT2D eigenvalue weighted by Crippen LogP contribution is -2.37. The highest BCUT2D eigenvalue weighted by atomic mass is 32.1. The molecule has 0 atom stereocenters. The smallest absolute Gasteiger partial charge is 0.0959 e. The van der Waals surface area contributed by atoms with Gasteiger partial charge in [0.2, 0.25) is 0 Å². The van der Waals surface area contributed by atoms with Crippen molar-refractivity contribution in [3.63, 3.8) is 0 Å². The van der Waals surface area contributed by atoms with Gasteiger partial charge < -0.3 is 10.4 Å². The number of rotatable bonds is 5. The Labute approximate surface area is 113 Å². The van der Waals surface area contributed by atoms with Crippen molar-refractivity contribution in [1.29, 1.82) is 0 Å². The van der Waals surface area contributed by atoms with E-state index in [0.717, 1.165) is 31.8 Å². The predicted molar refractivity (Wildman–Crippen MR) is 73.8 cm³/mol. The summed E-state index contributed by atoms with van der Waals surface area (Å²) in [7, 11) is 0. The normalized spacial score (nSPS) is 23.2. The van der Waals surface area contributed by atoms with Crippen molar-refractivity contribution >= 4 is 11.3 Å². The van der Waals surface area contributed by atoms with Gasteiger partial charge in [0.05, 0.1) is 10.6 Å². The minimum absolute atomic E-state index is 0.443. The number of aliphatic hydroxyl groups is 1. The van der Waals surface area contributed by atoms with E-state index < -0.39 is 5.60 Å². The molecule has 2 aliphatic carbocycles.